The van der Waals surface area contributed by atoms with Crippen molar-refractivity contribution in [2.45, 2.75) is 31.5 Å². The number of nitrogens with two attached hydrogens (primary N) is 1. The van der Waals surface area contributed by atoms with E-state index in [-0.39, 0.29) is 23.9 Å². The first-order chi connectivity index (χ1) is 10.1. The number of halogens is 1. The molecule has 2 aromatic rings. The van der Waals surface area contributed by atoms with E-state index in [2.05, 4.69) is 24.1 Å². The Morgan fingerprint density at radius 2 is 1.71 bits per heavy atom. The molecule has 2 N–H and O–H groups in total. The van der Waals surface area contributed by atoms with Crippen molar-refractivity contribution in [2.75, 3.05) is 7.05 Å². The van der Waals surface area contributed by atoms with Crippen LogP contribution in [-0.2, 0) is 0 Å². The molecule has 0 spiro atoms. The summed E-state index contributed by atoms with van der Waals surface area (Å²) in [6, 6.07) is 15.6. The molecule has 0 radical (unpaired) electrons. The van der Waals surface area contributed by atoms with Gasteiger partial charge in [-0.25, -0.2) is 4.39 Å². The molecule has 3 unspecified atom stereocenters. The van der Waals surface area contributed by atoms with Crippen molar-refractivity contribution >= 4 is 0 Å². The lowest BCUT2D eigenvalue weighted by molar-refractivity contribution is 0.177. The fraction of sp³-hybridized carbons (Fsp3) is 0.333. The summed E-state index contributed by atoms with van der Waals surface area (Å²) < 4.78 is 14.0. The van der Waals surface area contributed by atoms with Gasteiger partial charge in [0, 0.05) is 23.7 Å². The van der Waals surface area contributed by atoms with Crippen molar-refractivity contribution in [3.05, 3.63) is 71.0 Å². The zero-order chi connectivity index (χ0) is 15.0. The predicted molar refractivity (Wildman–Crippen MR) is 83.3 cm³/mol. The average molecular weight is 284 g/mol. The zero-order valence-corrected chi connectivity index (χ0v) is 12.5. The third-order valence-corrected chi connectivity index (χ3v) is 4.69. The van der Waals surface area contributed by atoms with E-state index in [1.165, 1.54) is 17.2 Å². The highest BCUT2D eigenvalue weighted by Crippen LogP contribution is 2.43. The number of benzene rings is 2. The van der Waals surface area contributed by atoms with Gasteiger partial charge in [-0.1, -0.05) is 42.5 Å². The Morgan fingerprint density at radius 3 is 2.43 bits per heavy atom. The van der Waals surface area contributed by atoms with Gasteiger partial charge in [0.15, 0.2) is 0 Å². The van der Waals surface area contributed by atoms with Crippen molar-refractivity contribution in [1.82, 2.24) is 4.90 Å². The van der Waals surface area contributed by atoms with Gasteiger partial charge in [-0.15, -0.1) is 0 Å². The summed E-state index contributed by atoms with van der Waals surface area (Å²) in [5, 5.41) is 0. The van der Waals surface area contributed by atoms with E-state index >= 15 is 0 Å². The standard InChI is InChI=1S/C18H21FN2/c1-12(13-7-5-6-10-16(13)19)21(2)18-11-17(20)14-8-3-4-9-15(14)18/h3-10,12,17-18H,11,20H2,1-2H3. The maximum absolute atomic E-state index is 14.0. The normalized spacial score (nSPS) is 22.3. The highest BCUT2D eigenvalue weighted by molar-refractivity contribution is 5.37. The fourth-order valence-corrected chi connectivity index (χ4v) is 3.34. The Bertz CT molecular complexity index is 641. The van der Waals surface area contributed by atoms with Gasteiger partial charge in [-0.05, 0) is 37.6 Å². The smallest absolute Gasteiger partial charge is 0.127 e. The van der Waals surface area contributed by atoms with Crippen LogP contribution in [0.4, 0.5) is 4.39 Å². The molecule has 21 heavy (non-hydrogen) atoms. The second-order valence-corrected chi connectivity index (χ2v) is 5.85. The Kier molecular flexibility index (Phi) is 3.79. The minimum Gasteiger partial charge on any atom is -0.324 e. The first-order valence-electron chi connectivity index (χ1n) is 7.40. The third-order valence-electron chi connectivity index (χ3n) is 4.69. The van der Waals surface area contributed by atoms with Crippen LogP contribution in [0.15, 0.2) is 48.5 Å². The highest BCUT2D eigenvalue weighted by Gasteiger charge is 2.33. The molecular formula is C18H21FN2. The van der Waals surface area contributed by atoms with E-state index in [4.69, 9.17) is 5.73 Å². The van der Waals surface area contributed by atoms with Crippen molar-refractivity contribution in [3.63, 3.8) is 0 Å². The summed E-state index contributed by atoms with van der Waals surface area (Å²) in [5.41, 5.74) is 9.47. The molecule has 0 aromatic heterocycles. The quantitative estimate of drug-likeness (QED) is 0.924. The van der Waals surface area contributed by atoms with E-state index < -0.39 is 0 Å². The van der Waals surface area contributed by atoms with Gasteiger partial charge in [-0.2, -0.15) is 0 Å². The minimum absolute atomic E-state index is 0.00885. The van der Waals surface area contributed by atoms with Crippen molar-refractivity contribution in [3.8, 4) is 0 Å². The second-order valence-electron chi connectivity index (χ2n) is 5.85. The van der Waals surface area contributed by atoms with Crippen LogP contribution < -0.4 is 5.73 Å². The molecule has 3 rings (SSSR count). The number of nitrogens with zero attached hydrogens (tertiary/aromatic N) is 1. The molecule has 0 aliphatic heterocycles. The monoisotopic (exact) mass is 284 g/mol. The lowest BCUT2D eigenvalue weighted by Crippen LogP contribution is -2.27. The predicted octanol–water partition coefficient (Wildman–Crippen LogP) is 3.96. The maximum Gasteiger partial charge on any atom is 0.127 e. The largest absolute Gasteiger partial charge is 0.324 e. The van der Waals surface area contributed by atoms with Crippen LogP contribution in [0.3, 0.4) is 0 Å². The molecular weight excluding hydrogens is 263 g/mol. The Labute approximate surface area is 125 Å². The van der Waals surface area contributed by atoms with Crippen LogP contribution in [-0.4, -0.2) is 11.9 Å². The highest BCUT2D eigenvalue weighted by atomic mass is 19.1. The van der Waals surface area contributed by atoms with Crippen LogP contribution in [0, 0.1) is 5.82 Å². The van der Waals surface area contributed by atoms with Gasteiger partial charge in [0.05, 0.1) is 0 Å². The topological polar surface area (TPSA) is 29.3 Å². The minimum atomic E-state index is -0.146. The Morgan fingerprint density at radius 1 is 1.10 bits per heavy atom. The first kappa shape index (κ1) is 14.2. The van der Waals surface area contributed by atoms with Crippen LogP contribution in [0.25, 0.3) is 0 Å². The van der Waals surface area contributed by atoms with Gasteiger partial charge < -0.3 is 5.73 Å². The summed E-state index contributed by atoms with van der Waals surface area (Å²) in [6.07, 6.45) is 0.884. The molecule has 3 heteroatoms. The Balaban J connectivity index is 1.90. The molecule has 2 nitrogen and oxygen atoms in total. The van der Waals surface area contributed by atoms with Gasteiger partial charge in [0.1, 0.15) is 5.82 Å². The van der Waals surface area contributed by atoms with E-state index in [0.717, 1.165) is 12.0 Å². The third kappa shape index (κ3) is 2.47. The van der Waals surface area contributed by atoms with Gasteiger partial charge in [0.2, 0.25) is 0 Å². The lowest BCUT2D eigenvalue weighted by atomic mass is 10.0. The van der Waals surface area contributed by atoms with Gasteiger partial charge >= 0.3 is 0 Å². The summed E-state index contributed by atoms with van der Waals surface area (Å²) in [5.74, 6) is -0.146. The molecule has 0 saturated heterocycles. The molecule has 0 bridgehead atoms. The summed E-state index contributed by atoms with van der Waals surface area (Å²) in [7, 11) is 2.05. The molecule has 0 heterocycles. The zero-order valence-electron chi connectivity index (χ0n) is 12.5. The lowest BCUT2D eigenvalue weighted by Gasteiger charge is -2.32. The SMILES string of the molecule is CC(c1ccccc1F)N(C)C1CC(N)c2ccccc21. The van der Waals surface area contributed by atoms with E-state index in [0.29, 0.717) is 0 Å². The van der Waals surface area contributed by atoms with Gasteiger partial charge in [0.25, 0.3) is 0 Å². The van der Waals surface area contributed by atoms with Crippen LogP contribution in [0.5, 0.6) is 0 Å². The van der Waals surface area contributed by atoms with E-state index in [1.54, 1.807) is 6.07 Å². The van der Waals surface area contributed by atoms with Crippen LogP contribution >= 0.6 is 0 Å². The second kappa shape index (κ2) is 5.58. The van der Waals surface area contributed by atoms with Crippen LogP contribution in [0.2, 0.25) is 0 Å². The summed E-state index contributed by atoms with van der Waals surface area (Å²) >= 11 is 0. The summed E-state index contributed by atoms with van der Waals surface area (Å²) in [4.78, 5) is 2.23. The van der Waals surface area contributed by atoms with Crippen molar-refractivity contribution in [2.24, 2.45) is 5.73 Å². The molecule has 3 atom stereocenters. The van der Waals surface area contributed by atoms with Crippen molar-refractivity contribution < 1.29 is 4.39 Å². The summed E-state index contributed by atoms with van der Waals surface area (Å²) in [6.45, 7) is 2.05. The number of hydrogen-bond acceptors (Lipinski definition) is 2. The van der Waals surface area contributed by atoms with Crippen molar-refractivity contribution in [1.29, 1.82) is 0 Å². The molecule has 1 aliphatic carbocycles. The Hall–Kier alpha value is -1.71. The average Bonchev–Trinajstić information content (AvgIpc) is 2.84. The molecule has 1 aliphatic rings. The fourth-order valence-electron chi connectivity index (χ4n) is 3.34. The molecule has 0 amide bonds. The molecule has 2 aromatic carbocycles. The molecule has 0 saturated carbocycles. The molecule has 0 fully saturated rings. The maximum atomic E-state index is 14.0. The molecule has 110 valence electrons. The first-order valence-corrected chi connectivity index (χ1v) is 7.40. The van der Waals surface area contributed by atoms with E-state index in [9.17, 15) is 4.39 Å². The van der Waals surface area contributed by atoms with Crippen LogP contribution in [0.1, 0.15) is 48.2 Å². The van der Waals surface area contributed by atoms with E-state index in [1.807, 2.05) is 31.2 Å². The number of rotatable bonds is 3. The number of hydrogen-bond donors (Lipinski definition) is 1. The van der Waals surface area contributed by atoms with Gasteiger partial charge in [-0.3, -0.25) is 4.90 Å². The number of fused-ring (bicyclic) bond motifs is 1.